The Morgan fingerprint density at radius 1 is 0.852 bits per heavy atom. The predicted octanol–water partition coefficient (Wildman–Crippen LogP) is 5.78. The van der Waals surface area contributed by atoms with Gasteiger partial charge in [-0.05, 0) is 16.8 Å². The molecule has 0 saturated heterocycles. The molecule has 4 heteroatoms. The molecule has 2 nitrogen and oxygen atoms in total. The third kappa shape index (κ3) is 2.97. The number of halogens is 1. The van der Waals surface area contributed by atoms with Crippen LogP contribution in [0, 0.1) is 11.9 Å². The second kappa shape index (κ2) is 7.07. The molecule has 0 fully saturated rings. The van der Waals surface area contributed by atoms with Crippen LogP contribution in [0.3, 0.4) is 0 Å². The van der Waals surface area contributed by atoms with Crippen molar-refractivity contribution in [3.05, 3.63) is 97.1 Å². The van der Waals surface area contributed by atoms with Crippen molar-refractivity contribution < 1.29 is 24.5 Å². The number of hydrogen-bond acceptors (Lipinski definition) is 1. The molecule has 1 radical (unpaired) electrons. The van der Waals surface area contributed by atoms with Gasteiger partial charge >= 0.3 is 0 Å². The van der Waals surface area contributed by atoms with Crippen molar-refractivity contribution in [1.82, 2.24) is 9.55 Å². The Labute approximate surface area is 169 Å². The van der Waals surface area contributed by atoms with E-state index in [0.29, 0.717) is 0 Å². The molecule has 0 aliphatic heterocycles. The summed E-state index contributed by atoms with van der Waals surface area (Å²) in [7, 11) is 0. The topological polar surface area (TPSA) is 17.8 Å². The van der Waals surface area contributed by atoms with E-state index in [1.807, 2.05) is 30.5 Å². The van der Waals surface area contributed by atoms with Gasteiger partial charge in [0.1, 0.15) is 0 Å². The third-order valence-electron chi connectivity index (χ3n) is 4.64. The largest absolute Gasteiger partial charge is 0.339 e. The first-order valence-corrected chi connectivity index (χ1v) is 8.43. The molecular formula is C23H14FIrN2-. The molecule has 133 valence electrons. The van der Waals surface area contributed by atoms with Crippen molar-refractivity contribution in [2.75, 3.05) is 0 Å². The molecule has 5 aromatic rings. The predicted molar refractivity (Wildman–Crippen MR) is 103 cm³/mol. The van der Waals surface area contributed by atoms with E-state index in [-0.39, 0.29) is 25.9 Å². The fourth-order valence-electron chi connectivity index (χ4n) is 3.48. The van der Waals surface area contributed by atoms with Gasteiger partial charge in [-0.25, -0.2) is 0 Å². The Morgan fingerprint density at radius 2 is 1.52 bits per heavy atom. The number of imidazole rings is 1. The van der Waals surface area contributed by atoms with Crippen LogP contribution in [0.2, 0.25) is 0 Å². The van der Waals surface area contributed by atoms with Crippen LogP contribution in [-0.4, -0.2) is 9.55 Å². The number of hydrogen-bond donors (Lipinski definition) is 0. The van der Waals surface area contributed by atoms with Crippen molar-refractivity contribution in [3.8, 4) is 17.1 Å². The van der Waals surface area contributed by atoms with Crippen molar-refractivity contribution in [1.29, 1.82) is 0 Å². The summed E-state index contributed by atoms with van der Waals surface area (Å²) < 4.78 is 15.4. The average Bonchev–Trinajstić information content (AvgIpc) is 3.16. The Balaban J connectivity index is 0.00000180. The molecular weight excluding hydrogens is 515 g/mol. The first-order chi connectivity index (χ1) is 12.8. The summed E-state index contributed by atoms with van der Waals surface area (Å²) in [6, 6.07) is 26.3. The molecule has 0 bridgehead atoms. The summed E-state index contributed by atoms with van der Waals surface area (Å²) in [6.45, 7) is 0. The van der Waals surface area contributed by atoms with Crippen LogP contribution in [-0.2, 0) is 20.1 Å². The zero-order chi connectivity index (χ0) is 17.5. The van der Waals surface area contributed by atoms with Crippen LogP contribution in [0.15, 0.2) is 85.2 Å². The van der Waals surface area contributed by atoms with Crippen molar-refractivity contribution in [3.63, 3.8) is 0 Å². The van der Waals surface area contributed by atoms with Gasteiger partial charge in [-0.1, -0.05) is 48.5 Å². The van der Waals surface area contributed by atoms with Gasteiger partial charge in [0.05, 0.1) is 11.5 Å². The molecule has 0 saturated carbocycles. The van der Waals surface area contributed by atoms with Crippen molar-refractivity contribution in [2.24, 2.45) is 0 Å². The van der Waals surface area contributed by atoms with Crippen LogP contribution in [0.1, 0.15) is 0 Å². The Hall–Kier alpha value is -2.81. The van der Waals surface area contributed by atoms with E-state index in [4.69, 9.17) is 0 Å². The van der Waals surface area contributed by atoms with Gasteiger partial charge < -0.3 is 4.57 Å². The SMILES string of the molecule is Fc1c[c-]c(-c2nccn2-c2c3ccccc3cc3ccccc23)cc1.[Ir]. The van der Waals surface area contributed by atoms with Crippen LogP contribution >= 0.6 is 0 Å². The first kappa shape index (κ1) is 17.6. The summed E-state index contributed by atoms with van der Waals surface area (Å²) in [5.74, 6) is 0.439. The fraction of sp³-hybridized carbons (Fsp3) is 0. The maximum absolute atomic E-state index is 13.3. The van der Waals surface area contributed by atoms with Gasteiger partial charge in [-0.3, -0.25) is 9.37 Å². The average molecular weight is 530 g/mol. The van der Waals surface area contributed by atoms with E-state index >= 15 is 0 Å². The summed E-state index contributed by atoms with van der Waals surface area (Å²) >= 11 is 0. The fourth-order valence-corrected chi connectivity index (χ4v) is 3.48. The van der Waals surface area contributed by atoms with E-state index in [0.717, 1.165) is 27.8 Å². The van der Waals surface area contributed by atoms with Crippen LogP contribution in [0.5, 0.6) is 0 Å². The number of fused-ring (bicyclic) bond motifs is 2. The molecule has 4 aromatic carbocycles. The van der Waals surface area contributed by atoms with Gasteiger partial charge in [0, 0.05) is 49.1 Å². The molecule has 5 rings (SSSR count). The van der Waals surface area contributed by atoms with Gasteiger partial charge in [-0.15, -0.1) is 29.8 Å². The minimum Gasteiger partial charge on any atom is -0.339 e. The Bertz CT molecular complexity index is 1190. The maximum atomic E-state index is 13.3. The van der Waals surface area contributed by atoms with Gasteiger partial charge in [0.25, 0.3) is 0 Å². The Kier molecular flexibility index (Phi) is 4.61. The van der Waals surface area contributed by atoms with Crippen molar-refractivity contribution >= 4 is 21.5 Å². The van der Waals surface area contributed by atoms with Gasteiger partial charge in [-0.2, -0.15) is 0 Å². The molecule has 0 spiro atoms. The normalized spacial score (nSPS) is 10.9. The Morgan fingerprint density at radius 3 is 2.15 bits per heavy atom. The molecule has 0 atom stereocenters. The molecule has 1 aromatic heterocycles. The number of nitrogens with zero attached hydrogens (tertiary/aromatic N) is 2. The minimum atomic E-state index is -0.303. The first-order valence-electron chi connectivity index (χ1n) is 8.43. The number of benzene rings is 4. The maximum Gasteiger partial charge on any atom is 0.0603 e. The van der Waals surface area contributed by atoms with E-state index < -0.39 is 0 Å². The monoisotopic (exact) mass is 530 g/mol. The van der Waals surface area contributed by atoms with E-state index in [1.165, 1.54) is 22.9 Å². The molecule has 0 unspecified atom stereocenters. The molecule has 0 N–H and O–H groups in total. The standard InChI is InChI=1S/C23H14FN2.Ir/c24-19-11-9-16(10-12-19)23-25-13-14-26(23)22-20-7-3-1-5-17(20)15-18-6-2-4-8-21(18)22;/h1-9,11-15H;/q-1;. The molecule has 0 amide bonds. The molecule has 0 aliphatic carbocycles. The van der Waals surface area contributed by atoms with Crippen LogP contribution in [0.25, 0.3) is 38.6 Å². The summed E-state index contributed by atoms with van der Waals surface area (Å²) in [5, 5.41) is 4.63. The van der Waals surface area contributed by atoms with Gasteiger partial charge in [0.2, 0.25) is 0 Å². The second-order valence-corrected chi connectivity index (χ2v) is 6.21. The van der Waals surface area contributed by atoms with Crippen molar-refractivity contribution in [2.45, 2.75) is 0 Å². The van der Waals surface area contributed by atoms with Crippen LogP contribution in [0.4, 0.5) is 4.39 Å². The van der Waals surface area contributed by atoms with Crippen LogP contribution < -0.4 is 0 Å². The van der Waals surface area contributed by atoms with Gasteiger partial charge in [0.15, 0.2) is 0 Å². The van der Waals surface area contributed by atoms with E-state index in [9.17, 15) is 4.39 Å². The third-order valence-corrected chi connectivity index (χ3v) is 4.64. The zero-order valence-electron chi connectivity index (χ0n) is 14.2. The molecule has 1 heterocycles. The van der Waals surface area contributed by atoms with E-state index in [2.05, 4.69) is 45.9 Å². The quantitative estimate of drug-likeness (QED) is 0.209. The summed E-state index contributed by atoms with van der Waals surface area (Å²) in [5.41, 5.74) is 1.83. The minimum absolute atomic E-state index is 0. The summed E-state index contributed by atoms with van der Waals surface area (Å²) in [4.78, 5) is 4.52. The van der Waals surface area contributed by atoms with E-state index in [1.54, 1.807) is 12.3 Å². The zero-order valence-corrected chi connectivity index (χ0v) is 16.6. The summed E-state index contributed by atoms with van der Waals surface area (Å²) in [6.07, 6.45) is 3.71. The second-order valence-electron chi connectivity index (χ2n) is 6.21. The molecule has 0 aliphatic rings. The number of aromatic nitrogens is 2. The smallest absolute Gasteiger partial charge is 0.0603 e. The number of rotatable bonds is 2. The molecule has 27 heavy (non-hydrogen) atoms.